The van der Waals surface area contributed by atoms with Crippen molar-refractivity contribution in [2.75, 3.05) is 13.7 Å². The second-order valence-corrected chi connectivity index (χ2v) is 7.38. The summed E-state index contributed by atoms with van der Waals surface area (Å²) >= 11 is 0. The van der Waals surface area contributed by atoms with Crippen LogP contribution < -0.4 is 21.1 Å². The Bertz CT molecular complexity index is 676. The molecule has 0 fully saturated rings. The van der Waals surface area contributed by atoms with E-state index in [9.17, 15) is 14.4 Å². The van der Waals surface area contributed by atoms with Gasteiger partial charge in [-0.15, -0.1) is 0 Å². The molecule has 0 aliphatic heterocycles. The minimum absolute atomic E-state index is 0.411. The second-order valence-electron chi connectivity index (χ2n) is 7.38. The molecule has 1 unspecified atom stereocenters. The molecule has 0 heterocycles. The highest BCUT2D eigenvalue weighted by Crippen LogP contribution is 2.12. The van der Waals surface area contributed by atoms with Gasteiger partial charge in [0.15, 0.2) is 0 Å². The van der Waals surface area contributed by atoms with E-state index in [2.05, 4.69) is 10.6 Å². The molecule has 2 amide bonds. The summed E-state index contributed by atoms with van der Waals surface area (Å²) in [6.07, 6.45) is 2.93. The molecule has 0 bridgehead atoms. The van der Waals surface area contributed by atoms with Crippen LogP contribution in [0.25, 0.3) is 0 Å². The van der Waals surface area contributed by atoms with Crippen LogP contribution in [0.3, 0.4) is 0 Å². The summed E-state index contributed by atoms with van der Waals surface area (Å²) in [6.45, 7) is 5.97. The monoisotopic (exact) mass is 421 g/mol. The fourth-order valence-corrected chi connectivity index (χ4v) is 2.80. The van der Waals surface area contributed by atoms with Crippen molar-refractivity contribution in [3.05, 3.63) is 29.8 Å². The van der Waals surface area contributed by atoms with Crippen LogP contribution in [0, 0.1) is 6.92 Å². The number of nitrogens with two attached hydrogens (primary N) is 1. The van der Waals surface area contributed by atoms with Gasteiger partial charge in [-0.3, -0.25) is 9.59 Å². The molecule has 3 atom stereocenters. The van der Waals surface area contributed by atoms with Gasteiger partial charge in [-0.1, -0.05) is 31.0 Å². The molecule has 0 aromatic heterocycles. The highest BCUT2D eigenvalue weighted by atomic mass is 16.5. The summed E-state index contributed by atoms with van der Waals surface area (Å²) in [5, 5.41) is 5.33. The van der Waals surface area contributed by atoms with E-state index in [-0.39, 0.29) is 0 Å². The summed E-state index contributed by atoms with van der Waals surface area (Å²) < 4.78 is 10.5. The van der Waals surface area contributed by atoms with Crippen LogP contribution in [0.15, 0.2) is 24.3 Å². The molecule has 8 heteroatoms. The van der Waals surface area contributed by atoms with Gasteiger partial charge in [0.1, 0.15) is 17.8 Å². The average Bonchev–Trinajstić information content (AvgIpc) is 2.72. The molecular weight excluding hydrogens is 386 g/mol. The van der Waals surface area contributed by atoms with E-state index in [1.807, 2.05) is 38.1 Å². The molecule has 1 aromatic rings. The zero-order valence-electron chi connectivity index (χ0n) is 18.4. The van der Waals surface area contributed by atoms with Gasteiger partial charge in [0.2, 0.25) is 11.8 Å². The highest BCUT2D eigenvalue weighted by molar-refractivity contribution is 5.91. The van der Waals surface area contributed by atoms with Gasteiger partial charge < -0.3 is 25.8 Å². The fraction of sp³-hybridized carbons (Fsp3) is 0.591. The number of carbonyl (C=O) groups is 3. The van der Waals surface area contributed by atoms with Crippen LogP contribution in [0.1, 0.15) is 51.5 Å². The van der Waals surface area contributed by atoms with Gasteiger partial charge in [0, 0.05) is 0 Å². The van der Waals surface area contributed by atoms with E-state index < -0.39 is 35.9 Å². The van der Waals surface area contributed by atoms with Gasteiger partial charge in [-0.2, -0.15) is 0 Å². The number of rotatable bonds is 13. The van der Waals surface area contributed by atoms with Crippen LogP contribution in [0.4, 0.5) is 0 Å². The van der Waals surface area contributed by atoms with Crippen LogP contribution in [0.5, 0.6) is 5.75 Å². The molecule has 1 rings (SSSR count). The molecule has 0 saturated heterocycles. The molecule has 0 spiro atoms. The first kappa shape index (κ1) is 25.4. The van der Waals surface area contributed by atoms with Crippen LogP contribution in [-0.2, 0) is 19.1 Å². The zero-order valence-corrected chi connectivity index (χ0v) is 18.4. The molecule has 8 nitrogen and oxygen atoms in total. The number of benzene rings is 1. The fourth-order valence-electron chi connectivity index (χ4n) is 2.80. The predicted molar refractivity (Wildman–Crippen MR) is 115 cm³/mol. The maximum atomic E-state index is 12.6. The summed E-state index contributed by atoms with van der Waals surface area (Å²) in [5.74, 6) is -0.550. The molecular formula is C22H35N3O5. The predicted octanol–water partition coefficient (Wildman–Crippen LogP) is 1.83. The van der Waals surface area contributed by atoms with Gasteiger partial charge >= 0.3 is 5.97 Å². The van der Waals surface area contributed by atoms with Crippen molar-refractivity contribution in [3.8, 4) is 5.75 Å². The smallest absolute Gasteiger partial charge is 0.328 e. The minimum atomic E-state index is -0.784. The average molecular weight is 422 g/mol. The maximum Gasteiger partial charge on any atom is 0.328 e. The molecule has 0 aliphatic rings. The SMILES string of the molecule is CCCC(NC(=O)[C@H](C)N)C(=O)N[C@@H](CCCCOc1ccc(C)cc1)C(=O)OC. The first-order chi connectivity index (χ1) is 14.3. The van der Waals surface area contributed by atoms with Crippen molar-refractivity contribution in [1.82, 2.24) is 10.6 Å². The molecule has 1 aromatic carbocycles. The summed E-state index contributed by atoms with van der Waals surface area (Å²) in [6, 6.07) is 5.54. The zero-order chi connectivity index (χ0) is 22.5. The first-order valence-corrected chi connectivity index (χ1v) is 10.4. The number of carbonyl (C=O) groups excluding carboxylic acids is 3. The molecule has 168 valence electrons. The summed E-state index contributed by atoms with van der Waals surface area (Å²) in [5.41, 5.74) is 6.73. The topological polar surface area (TPSA) is 120 Å². The Labute approximate surface area is 178 Å². The van der Waals surface area contributed by atoms with Crippen LogP contribution in [-0.4, -0.2) is 49.6 Å². The van der Waals surface area contributed by atoms with Crippen molar-refractivity contribution in [2.24, 2.45) is 5.73 Å². The third-order valence-electron chi connectivity index (χ3n) is 4.60. The largest absolute Gasteiger partial charge is 0.494 e. The first-order valence-electron chi connectivity index (χ1n) is 10.4. The number of ether oxygens (including phenoxy) is 2. The Morgan fingerprint density at radius 2 is 1.63 bits per heavy atom. The third kappa shape index (κ3) is 9.26. The van der Waals surface area contributed by atoms with Gasteiger partial charge in [-0.25, -0.2) is 4.79 Å². The van der Waals surface area contributed by atoms with E-state index in [4.69, 9.17) is 15.2 Å². The van der Waals surface area contributed by atoms with Gasteiger partial charge in [0.25, 0.3) is 0 Å². The lowest BCUT2D eigenvalue weighted by atomic mass is 10.1. The second kappa shape index (κ2) is 13.6. The number of methoxy groups -OCH3 is 1. The lowest BCUT2D eigenvalue weighted by molar-refractivity contribution is -0.145. The minimum Gasteiger partial charge on any atom is -0.494 e. The summed E-state index contributed by atoms with van der Waals surface area (Å²) in [4.78, 5) is 36.6. The number of esters is 1. The Hall–Kier alpha value is -2.61. The van der Waals surface area contributed by atoms with Gasteiger partial charge in [0.05, 0.1) is 19.8 Å². The lowest BCUT2D eigenvalue weighted by Gasteiger charge is -2.22. The Balaban J connectivity index is 2.54. The lowest BCUT2D eigenvalue weighted by Crippen LogP contribution is -2.54. The van der Waals surface area contributed by atoms with E-state index in [1.165, 1.54) is 7.11 Å². The number of unbranched alkanes of at least 4 members (excludes halogenated alkanes) is 1. The van der Waals surface area contributed by atoms with E-state index in [0.717, 1.165) is 17.7 Å². The Kier molecular flexibility index (Phi) is 11.5. The third-order valence-corrected chi connectivity index (χ3v) is 4.60. The number of nitrogens with one attached hydrogen (secondary N) is 2. The molecule has 0 radical (unpaired) electrons. The van der Waals surface area contributed by atoms with Crippen molar-refractivity contribution in [1.29, 1.82) is 0 Å². The molecule has 4 N–H and O–H groups in total. The Morgan fingerprint density at radius 1 is 1.00 bits per heavy atom. The van der Waals surface area contributed by atoms with Gasteiger partial charge in [-0.05, 0) is 51.7 Å². The quantitative estimate of drug-likeness (QED) is 0.330. The van der Waals surface area contributed by atoms with Crippen molar-refractivity contribution < 1.29 is 23.9 Å². The Morgan fingerprint density at radius 3 is 2.20 bits per heavy atom. The van der Waals surface area contributed by atoms with Crippen molar-refractivity contribution >= 4 is 17.8 Å². The number of hydrogen-bond acceptors (Lipinski definition) is 6. The number of amides is 2. The number of hydrogen-bond donors (Lipinski definition) is 3. The van der Waals surface area contributed by atoms with E-state index >= 15 is 0 Å². The molecule has 0 saturated carbocycles. The van der Waals surface area contributed by atoms with Crippen molar-refractivity contribution in [2.45, 2.75) is 71.0 Å². The van der Waals surface area contributed by atoms with Crippen molar-refractivity contribution in [3.63, 3.8) is 0 Å². The van der Waals surface area contributed by atoms with E-state index in [1.54, 1.807) is 6.92 Å². The summed E-state index contributed by atoms with van der Waals surface area (Å²) in [7, 11) is 1.28. The molecule has 0 aliphatic carbocycles. The number of aryl methyl sites for hydroxylation is 1. The normalized spacial score (nSPS) is 13.6. The molecule has 30 heavy (non-hydrogen) atoms. The van der Waals surface area contributed by atoms with Crippen LogP contribution >= 0.6 is 0 Å². The van der Waals surface area contributed by atoms with Crippen LogP contribution in [0.2, 0.25) is 0 Å². The standard InChI is InChI=1S/C22H35N3O5/c1-5-8-18(24-20(26)16(3)23)21(27)25-19(22(28)29-4)9-6-7-14-30-17-12-10-15(2)11-13-17/h10-13,16,18-19H,5-9,14,23H2,1-4H3,(H,24,26)(H,25,27)/t16-,18?,19-/m0/s1. The highest BCUT2D eigenvalue weighted by Gasteiger charge is 2.27. The van der Waals surface area contributed by atoms with E-state index in [0.29, 0.717) is 32.3 Å². The maximum absolute atomic E-state index is 12.6.